The Morgan fingerprint density at radius 1 is 0.933 bits per heavy atom. The molecule has 1 aliphatic heterocycles. The van der Waals surface area contributed by atoms with Gasteiger partial charge >= 0.3 is 0 Å². The van der Waals surface area contributed by atoms with E-state index in [1.165, 1.54) is 11.3 Å². The number of hydrogen-bond acceptors (Lipinski definition) is 7. The van der Waals surface area contributed by atoms with Gasteiger partial charge in [0.25, 0.3) is 0 Å². The van der Waals surface area contributed by atoms with Crippen LogP contribution in [0, 0.1) is 0 Å². The third-order valence-corrected chi connectivity index (χ3v) is 5.54. The summed E-state index contributed by atoms with van der Waals surface area (Å²) in [5.74, 6) is 1.74. The first-order valence-electron chi connectivity index (χ1n) is 10.2. The molecule has 3 aromatic rings. The highest BCUT2D eigenvalue weighted by molar-refractivity contribution is 5.49. The van der Waals surface area contributed by atoms with Crippen LogP contribution in [-0.4, -0.2) is 72.1 Å². The highest BCUT2D eigenvalue weighted by Crippen LogP contribution is 2.29. The third-order valence-electron chi connectivity index (χ3n) is 5.54. The molecule has 1 aromatic heterocycles. The molecule has 1 saturated heterocycles. The second kappa shape index (κ2) is 9.69. The SMILES string of the molecule is COCCn1nnnc1C(c1ccccc1)N1CCN(c2ccc(OC)cc2)CC1. The first kappa shape index (κ1) is 20.3. The van der Waals surface area contributed by atoms with Crippen molar-refractivity contribution in [3.63, 3.8) is 0 Å². The molecule has 1 atom stereocenters. The number of tetrazole rings is 1. The zero-order chi connectivity index (χ0) is 20.8. The zero-order valence-corrected chi connectivity index (χ0v) is 17.5. The van der Waals surface area contributed by atoms with Crippen LogP contribution in [0.1, 0.15) is 17.4 Å². The van der Waals surface area contributed by atoms with Gasteiger partial charge in [-0.3, -0.25) is 4.90 Å². The highest BCUT2D eigenvalue weighted by atomic mass is 16.5. The second-order valence-electron chi connectivity index (χ2n) is 7.29. The van der Waals surface area contributed by atoms with Crippen molar-refractivity contribution in [2.45, 2.75) is 12.6 Å². The van der Waals surface area contributed by atoms with Crippen molar-refractivity contribution in [2.24, 2.45) is 0 Å². The smallest absolute Gasteiger partial charge is 0.173 e. The summed E-state index contributed by atoms with van der Waals surface area (Å²) in [7, 11) is 3.38. The molecule has 30 heavy (non-hydrogen) atoms. The van der Waals surface area contributed by atoms with Crippen LogP contribution >= 0.6 is 0 Å². The van der Waals surface area contributed by atoms with E-state index in [1.54, 1.807) is 14.2 Å². The molecule has 8 heteroatoms. The molecule has 1 unspecified atom stereocenters. The van der Waals surface area contributed by atoms with E-state index in [0.29, 0.717) is 13.2 Å². The minimum absolute atomic E-state index is 0.0103. The predicted molar refractivity (Wildman–Crippen MR) is 115 cm³/mol. The molecule has 0 amide bonds. The van der Waals surface area contributed by atoms with Gasteiger partial charge in [0.05, 0.1) is 26.3 Å². The maximum atomic E-state index is 5.28. The summed E-state index contributed by atoms with van der Waals surface area (Å²) in [5.41, 5.74) is 2.42. The van der Waals surface area contributed by atoms with Gasteiger partial charge in [0.2, 0.25) is 0 Å². The standard InChI is InChI=1S/C22H28N6O2/c1-29-17-16-28-22(23-24-25-28)21(18-6-4-3-5-7-18)27-14-12-26(13-15-27)19-8-10-20(30-2)11-9-19/h3-11,21H,12-17H2,1-2H3. The van der Waals surface area contributed by atoms with Crippen molar-refractivity contribution >= 4 is 5.69 Å². The van der Waals surface area contributed by atoms with Crippen LogP contribution in [0.15, 0.2) is 54.6 Å². The fraction of sp³-hybridized carbons (Fsp3) is 0.409. The Morgan fingerprint density at radius 2 is 1.67 bits per heavy atom. The molecule has 4 rings (SSSR count). The number of nitrogens with zero attached hydrogens (tertiary/aromatic N) is 6. The number of methoxy groups -OCH3 is 2. The van der Waals surface area contributed by atoms with Gasteiger partial charge < -0.3 is 14.4 Å². The van der Waals surface area contributed by atoms with Crippen LogP contribution in [0.2, 0.25) is 0 Å². The van der Waals surface area contributed by atoms with Gasteiger partial charge in [-0.05, 0) is 40.3 Å². The van der Waals surface area contributed by atoms with Gasteiger partial charge in [-0.2, -0.15) is 0 Å². The van der Waals surface area contributed by atoms with E-state index in [2.05, 4.69) is 61.7 Å². The van der Waals surface area contributed by atoms with Gasteiger partial charge in [-0.1, -0.05) is 30.3 Å². The van der Waals surface area contributed by atoms with E-state index < -0.39 is 0 Å². The number of ether oxygens (including phenoxy) is 2. The molecule has 1 fully saturated rings. The van der Waals surface area contributed by atoms with Gasteiger partial charge in [-0.25, -0.2) is 4.68 Å². The van der Waals surface area contributed by atoms with Gasteiger partial charge in [0.1, 0.15) is 5.75 Å². The maximum Gasteiger partial charge on any atom is 0.173 e. The molecule has 2 aromatic carbocycles. The van der Waals surface area contributed by atoms with Crippen LogP contribution in [-0.2, 0) is 11.3 Å². The van der Waals surface area contributed by atoms with Gasteiger partial charge in [-0.15, -0.1) is 5.10 Å². The van der Waals surface area contributed by atoms with Gasteiger partial charge in [0.15, 0.2) is 5.82 Å². The van der Waals surface area contributed by atoms with E-state index >= 15 is 0 Å². The summed E-state index contributed by atoms with van der Waals surface area (Å²) in [5, 5.41) is 12.5. The fourth-order valence-electron chi connectivity index (χ4n) is 3.93. The minimum Gasteiger partial charge on any atom is -0.497 e. The van der Waals surface area contributed by atoms with Crippen molar-refractivity contribution < 1.29 is 9.47 Å². The Labute approximate surface area is 177 Å². The van der Waals surface area contributed by atoms with Crippen LogP contribution < -0.4 is 9.64 Å². The Morgan fingerprint density at radius 3 is 2.33 bits per heavy atom. The molecule has 0 radical (unpaired) electrons. The number of piperazine rings is 1. The predicted octanol–water partition coefficient (Wildman–Crippen LogP) is 2.24. The van der Waals surface area contributed by atoms with Crippen LogP contribution in [0.25, 0.3) is 0 Å². The Hall–Kier alpha value is -2.97. The fourth-order valence-corrected chi connectivity index (χ4v) is 3.93. The molecule has 8 nitrogen and oxygen atoms in total. The topological polar surface area (TPSA) is 68.5 Å². The lowest BCUT2D eigenvalue weighted by Crippen LogP contribution is -2.48. The summed E-state index contributed by atoms with van der Waals surface area (Å²) in [6.07, 6.45) is 0. The van der Waals surface area contributed by atoms with Crippen molar-refractivity contribution in [3.8, 4) is 5.75 Å². The van der Waals surface area contributed by atoms with Crippen molar-refractivity contribution in [1.82, 2.24) is 25.1 Å². The molecule has 158 valence electrons. The summed E-state index contributed by atoms with van der Waals surface area (Å²) in [6.45, 7) is 4.93. The molecule has 0 spiro atoms. The molecule has 1 aliphatic rings. The molecular formula is C22H28N6O2. The summed E-state index contributed by atoms with van der Waals surface area (Å²) >= 11 is 0. The number of benzene rings is 2. The monoisotopic (exact) mass is 408 g/mol. The number of anilines is 1. The van der Waals surface area contributed by atoms with Crippen molar-refractivity contribution in [3.05, 3.63) is 66.0 Å². The maximum absolute atomic E-state index is 5.28. The number of hydrogen-bond donors (Lipinski definition) is 0. The molecule has 0 bridgehead atoms. The lowest BCUT2D eigenvalue weighted by Gasteiger charge is -2.40. The summed E-state index contributed by atoms with van der Waals surface area (Å²) < 4.78 is 12.4. The molecule has 0 N–H and O–H groups in total. The number of aromatic nitrogens is 4. The van der Waals surface area contributed by atoms with Crippen LogP contribution in [0.5, 0.6) is 5.75 Å². The third kappa shape index (κ3) is 4.44. The summed E-state index contributed by atoms with van der Waals surface area (Å²) in [4.78, 5) is 4.87. The van der Waals surface area contributed by atoms with E-state index in [0.717, 1.165) is 37.8 Å². The molecule has 0 saturated carbocycles. The molecule has 0 aliphatic carbocycles. The Kier molecular flexibility index (Phi) is 6.56. The Bertz CT molecular complexity index is 907. The average molecular weight is 409 g/mol. The second-order valence-corrected chi connectivity index (χ2v) is 7.29. The van der Waals surface area contributed by atoms with Crippen molar-refractivity contribution in [1.29, 1.82) is 0 Å². The first-order valence-corrected chi connectivity index (χ1v) is 10.2. The molecular weight excluding hydrogens is 380 g/mol. The van der Waals surface area contributed by atoms with E-state index in [4.69, 9.17) is 9.47 Å². The lowest BCUT2D eigenvalue weighted by atomic mass is 10.0. The van der Waals surface area contributed by atoms with E-state index in [-0.39, 0.29) is 6.04 Å². The summed E-state index contributed by atoms with van der Waals surface area (Å²) in [6, 6.07) is 18.7. The Balaban J connectivity index is 1.53. The largest absolute Gasteiger partial charge is 0.497 e. The lowest BCUT2D eigenvalue weighted by molar-refractivity contribution is 0.172. The van der Waals surface area contributed by atoms with Crippen molar-refractivity contribution in [2.75, 3.05) is 51.9 Å². The quantitative estimate of drug-likeness (QED) is 0.566. The highest BCUT2D eigenvalue weighted by Gasteiger charge is 2.30. The molecule has 2 heterocycles. The van der Waals surface area contributed by atoms with E-state index in [9.17, 15) is 0 Å². The van der Waals surface area contributed by atoms with Crippen LogP contribution in [0.4, 0.5) is 5.69 Å². The minimum atomic E-state index is 0.0103. The first-order chi connectivity index (χ1) is 14.8. The van der Waals surface area contributed by atoms with E-state index in [1.807, 2.05) is 22.9 Å². The van der Waals surface area contributed by atoms with Gasteiger partial charge in [0, 0.05) is 39.0 Å². The zero-order valence-electron chi connectivity index (χ0n) is 17.5. The normalized spacial score (nSPS) is 15.9. The average Bonchev–Trinajstić information content (AvgIpc) is 3.27. The van der Waals surface area contributed by atoms with Crippen LogP contribution in [0.3, 0.4) is 0 Å². The number of rotatable bonds is 8.